The number of nitrogens with one attached hydrogen (secondary N) is 1. The van der Waals surface area contributed by atoms with E-state index in [2.05, 4.69) is 20.7 Å². The Hall–Kier alpha value is 0.390. The zero-order valence-electron chi connectivity index (χ0n) is 10.1. The maximum atomic E-state index is 11.9. The second-order valence-corrected chi connectivity index (χ2v) is 7.63. The summed E-state index contributed by atoms with van der Waals surface area (Å²) in [5.74, 6) is 0.680. The van der Waals surface area contributed by atoms with Gasteiger partial charge in [0.05, 0.1) is 5.75 Å². The van der Waals surface area contributed by atoms with Gasteiger partial charge in [-0.3, -0.25) is 0 Å². The summed E-state index contributed by atoms with van der Waals surface area (Å²) in [6, 6.07) is 0. The minimum atomic E-state index is -3.11. The summed E-state index contributed by atoms with van der Waals surface area (Å²) < 4.78 is 26.7. The van der Waals surface area contributed by atoms with Crippen molar-refractivity contribution in [1.82, 2.24) is 4.72 Å². The Bertz CT molecular complexity index is 308. The third kappa shape index (κ3) is 4.34. The Morgan fingerprint density at radius 1 is 1.31 bits per heavy atom. The zero-order chi connectivity index (χ0) is 12.2. The lowest BCUT2D eigenvalue weighted by Gasteiger charge is -2.27. The van der Waals surface area contributed by atoms with Gasteiger partial charge in [-0.1, -0.05) is 42.6 Å². The van der Waals surface area contributed by atoms with Crippen LogP contribution in [-0.4, -0.2) is 25.0 Å². The van der Waals surface area contributed by atoms with Gasteiger partial charge in [-0.05, 0) is 25.2 Å². The van der Waals surface area contributed by atoms with Crippen molar-refractivity contribution in [3.63, 3.8) is 0 Å². The molecular weight excluding hydrogens is 290 g/mol. The van der Waals surface area contributed by atoms with Crippen LogP contribution >= 0.6 is 15.9 Å². The van der Waals surface area contributed by atoms with Crippen LogP contribution in [-0.2, 0) is 10.0 Å². The molecule has 0 aromatic carbocycles. The van der Waals surface area contributed by atoms with Gasteiger partial charge >= 0.3 is 0 Å². The summed E-state index contributed by atoms with van der Waals surface area (Å²) in [6.07, 6.45) is 4.89. The van der Waals surface area contributed by atoms with Crippen molar-refractivity contribution in [3.8, 4) is 0 Å². The van der Waals surface area contributed by atoms with Gasteiger partial charge in [0.25, 0.3) is 0 Å². The summed E-state index contributed by atoms with van der Waals surface area (Å²) in [6.45, 7) is 4.09. The summed E-state index contributed by atoms with van der Waals surface area (Å²) >= 11 is 3.44. The second kappa shape index (κ2) is 5.83. The fraction of sp³-hybridized carbons (Fsp3) is 1.00. The van der Waals surface area contributed by atoms with Crippen molar-refractivity contribution in [2.24, 2.45) is 5.92 Å². The molecule has 0 spiro atoms. The minimum absolute atomic E-state index is 0.212. The molecule has 0 radical (unpaired) electrons. The highest BCUT2D eigenvalue weighted by atomic mass is 79.9. The lowest BCUT2D eigenvalue weighted by atomic mass is 10.0. The Morgan fingerprint density at radius 3 is 2.31 bits per heavy atom. The van der Waals surface area contributed by atoms with Crippen LogP contribution in [0.3, 0.4) is 0 Å². The van der Waals surface area contributed by atoms with Crippen LogP contribution < -0.4 is 4.72 Å². The summed E-state index contributed by atoms with van der Waals surface area (Å²) in [5, 5.41) is 0.723. The van der Waals surface area contributed by atoms with Crippen molar-refractivity contribution >= 4 is 26.0 Å². The highest BCUT2D eigenvalue weighted by Gasteiger charge is 2.36. The molecule has 1 fully saturated rings. The molecule has 16 heavy (non-hydrogen) atoms. The minimum Gasteiger partial charge on any atom is -0.212 e. The molecule has 0 bridgehead atoms. The zero-order valence-corrected chi connectivity index (χ0v) is 12.5. The van der Waals surface area contributed by atoms with Crippen LogP contribution in [0, 0.1) is 5.92 Å². The van der Waals surface area contributed by atoms with Gasteiger partial charge in [-0.25, -0.2) is 13.1 Å². The normalized spacial score (nSPS) is 20.5. The van der Waals surface area contributed by atoms with Gasteiger partial charge in [0.15, 0.2) is 0 Å². The molecule has 0 unspecified atom stereocenters. The average Bonchev–Trinajstić information content (AvgIpc) is 2.64. The molecule has 0 saturated heterocycles. The number of halogens is 1. The molecule has 0 heterocycles. The highest BCUT2D eigenvalue weighted by Crippen LogP contribution is 2.32. The van der Waals surface area contributed by atoms with E-state index in [4.69, 9.17) is 0 Å². The Balaban J connectivity index is 2.56. The first-order chi connectivity index (χ1) is 7.39. The van der Waals surface area contributed by atoms with Crippen LogP contribution in [0.1, 0.15) is 46.0 Å². The SMILES string of the molecule is CC(C)CCS(=O)(=O)NC1(CBr)CCCC1. The van der Waals surface area contributed by atoms with Gasteiger partial charge in [-0.15, -0.1) is 0 Å². The maximum Gasteiger partial charge on any atom is 0.212 e. The number of sulfonamides is 1. The predicted octanol–water partition coefficient (Wildman–Crippen LogP) is 2.66. The van der Waals surface area contributed by atoms with E-state index in [9.17, 15) is 8.42 Å². The molecule has 1 N–H and O–H groups in total. The van der Waals surface area contributed by atoms with Gasteiger partial charge in [0, 0.05) is 10.9 Å². The van der Waals surface area contributed by atoms with E-state index >= 15 is 0 Å². The molecular formula is C11H22BrNO2S. The van der Waals surface area contributed by atoms with E-state index in [0.717, 1.165) is 37.4 Å². The van der Waals surface area contributed by atoms with Crippen molar-refractivity contribution in [1.29, 1.82) is 0 Å². The second-order valence-electron chi connectivity index (χ2n) is 5.22. The van der Waals surface area contributed by atoms with Gasteiger partial charge in [0.1, 0.15) is 0 Å². The van der Waals surface area contributed by atoms with Gasteiger partial charge < -0.3 is 0 Å². The molecule has 1 aliphatic rings. The lowest BCUT2D eigenvalue weighted by molar-refractivity contribution is 0.436. The standard InChI is InChI=1S/C11H22BrNO2S/c1-10(2)5-8-16(14,15)13-11(9-12)6-3-4-7-11/h10,13H,3-9H2,1-2H3. The van der Waals surface area contributed by atoms with Crippen LogP contribution in [0.25, 0.3) is 0 Å². The molecule has 1 rings (SSSR count). The van der Waals surface area contributed by atoms with Crippen LogP contribution in [0.4, 0.5) is 0 Å². The highest BCUT2D eigenvalue weighted by molar-refractivity contribution is 9.09. The van der Waals surface area contributed by atoms with E-state index in [0.29, 0.717) is 5.92 Å². The third-order valence-corrected chi connectivity index (χ3v) is 5.74. The number of hydrogen-bond acceptors (Lipinski definition) is 2. The quantitative estimate of drug-likeness (QED) is 0.767. The van der Waals surface area contributed by atoms with E-state index in [1.165, 1.54) is 0 Å². The number of rotatable bonds is 6. The van der Waals surface area contributed by atoms with Crippen LogP contribution in [0.15, 0.2) is 0 Å². The van der Waals surface area contributed by atoms with Crippen molar-refractivity contribution < 1.29 is 8.42 Å². The maximum absolute atomic E-state index is 11.9. The van der Waals surface area contributed by atoms with E-state index in [1.54, 1.807) is 0 Å². The molecule has 96 valence electrons. The number of alkyl halides is 1. The summed E-state index contributed by atoms with van der Waals surface area (Å²) in [7, 11) is -3.11. The number of hydrogen-bond donors (Lipinski definition) is 1. The Kier molecular flexibility index (Phi) is 5.26. The fourth-order valence-corrected chi connectivity index (χ4v) is 4.79. The first-order valence-electron chi connectivity index (χ1n) is 5.97. The van der Waals surface area contributed by atoms with Crippen molar-refractivity contribution in [3.05, 3.63) is 0 Å². The smallest absolute Gasteiger partial charge is 0.212 e. The fourth-order valence-electron chi connectivity index (χ4n) is 2.09. The summed E-state index contributed by atoms with van der Waals surface area (Å²) in [4.78, 5) is 0. The average molecular weight is 312 g/mol. The molecule has 0 aromatic rings. The largest absolute Gasteiger partial charge is 0.212 e. The Labute approximate surface area is 108 Å². The summed E-state index contributed by atoms with van der Waals surface area (Å²) in [5.41, 5.74) is -0.212. The molecule has 1 saturated carbocycles. The molecule has 0 atom stereocenters. The molecule has 5 heteroatoms. The first-order valence-corrected chi connectivity index (χ1v) is 8.74. The van der Waals surface area contributed by atoms with E-state index < -0.39 is 10.0 Å². The first kappa shape index (κ1) is 14.5. The predicted molar refractivity (Wildman–Crippen MR) is 71.4 cm³/mol. The van der Waals surface area contributed by atoms with Gasteiger partial charge in [0.2, 0.25) is 10.0 Å². The molecule has 3 nitrogen and oxygen atoms in total. The third-order valence-electron chi connectivity index (χ3n) is 3.15. The monoisotopic (exact) mass is 311 g/mol. The Morgan fingerprint density at radius 2 is 1.88 bits per heavy atom. The lowest BCUT2D eigenvalue weighted by Crippen LogP contribution is -2.48. The molecule has 0 aliphatic heterocycles. The van der Waals surface area contributed by atoms with Crippen LogP contribution in [0.5, 0.6) is 0 Å². The van der Waals surface area contributed by atoms with Crippen molar-refractivity contribution in [2.45, 2.75) is 51.5 Å². The van der Waals surface area contributed by atoms with E-state index in [1.807, 2.05) is 13.8 Å². The molecule has 0 aromatic heterocycles. The van der Waals surface area contributed by atoms with Gasteiger partial charge in [-0.2, -0.15) is 0 Å². The molecule has 0 amide bonds. The molecule has 1 aliphatic carbocycles. The topological polar surface area (TPSA) is 46.2 Å². The van der Waals surface area contributed by atoms with Crippen molar-refractivity contribution in [2.75, 3.05) is 11.1 Å². The van der Waals surface area contributed by atoms with E-state index in [-0.39, 0.29) is 11.3 Å². The van der Waals surface area contributed by atoms with Crippen LogP contribution in [0.2, 0.25) is 0 Å².